The lowest BCUT2D eigenvalue weighted by atomic mass is 10.0. The van der Waals surface area contributed by atoms with Gasteiger partial charge in [-0.25, -0.2) is 4.68 Å². The molecule has 2 aromatic heterocycles. The van der Waals surface area contributed by atoms with Gasteiger partial charge in [0, 0.05) is 61.4 Å². The fraction of sp³-hybridized carbons (Fsp3) is 0.263. The summed E-state index contributed by atoms with van der Waals surface area (Å²) in [6.45, 7) is 3.82. The van der Waals surface area contributed by atoms with Crippen molar-refractivity contribution in [3.63, 3.8) is 0 Å². The van der Waals surface area contributed by atoms with E-state index in [0.717, 1.165) is 36.9 Å². The second-order valence-electron chi connectivity index (χ2n) is 6.25. The van der Waals surface area contributed by atoms with E-state index in [1.54, 1.807) is 0 Å². The van der Waals surface area contributed by atoms with E-state index in [9.17, 15) is 0 Å². The average Bonchev–Trinajstić information content (AvgIpc) is 3.12. The van der Waals surface area contributed by atoms with Crippen LogP contribution < -0.4 is 5.32 Å². The van der Waals surface area contributed by atoms with Gasteiger partial charge in [0.05, 0.1) is 11.9 Å². The summed E-state index contributed by atoms with van der Waals surface area (Å²) in [7, 11) is 0. The molecule has 1 saturated heterocycles. The van der Waals surface area contributed by atoms with Crippen LogP contribution in [0.3, 0.4) is 0 Å². The minimum Gasteiger partial charge on any atom is -0.314 e. The highest BCUT2D eigenvalue weighted by Gasteiger charge is 2.24. The van der Waals surface area contributed by atoms with Crippen molar-refractivity contribution in [3.8, 4) is 5.69 Å². The smallest absolute Gasteiger partial charge is 0.0646 e. The van der Waals surface area contributed by atoms with Gasteiger partial charge in [0.15, 0.2) is 0 Å². The maximum Gasteiger partial charge on any atom is 0.0646 e. The van der Waals surface area contributed by atoms with Crippen molar-refractivity contribution in [1.29, 1.82) is 0 Å². The Kier molecular flexibility index (Phi) is 4.78. The van der Waals surface area contributed by atoms with Crippen LogP contribution in [0.15, 0.2) is 61.2 Å². The molecule has 0 amide bonds. The number of hydrogen-bond acceptors (Lipinski definition) is 4. The molecule has 128 valence electrons. The number of benzene rings is 1. The van der Waals surface area contributed by atoms with Crippen molar-refractivity contribution >= 4 is 11.6 Å². The lowest BCUT2D eigenvalue weighted by Crippen LogP contribution is -2.45. The van der Waals surface area contributed by atoms with Gasteiger partial charge < -0.3 is 5.32 Å². The third kappa shape index (κ3) is 3.74. The maximum atomic E-state index is 5.96. The van der Waals surface area contributed by atoms with Crippen molar-refractivity contribution in [3.05, 3.63) is 77.3 Å². The molecular formula is C19H20ClN5. The maximum absolute atomic E-state index is 5.96. The Balaban J connectivity index is 1.51. The fourth-order valence-corrected chi connectivity index (χ4v) is 3.37. The molecule has 1 aliphatic rings. The monoisotopic (exact) mass is 353 g/mol. The Morgan fingerprint density at radius 2 is 2.04 bits per heavy atom. The van der Waals surface area contributed by atoms with Gasteiger partial charge in [0.25, 0.3) is 0 Å². The molecule has 0 saturated carbocycles. The lowest BCUT2D eigenvalue weighted by molar-refractivity contribution is 0.153. The van der Waals surface area contributed by atoms with Crippen LogP contribution in [-0.2, 0) is 6.54 Å². The first-order chi connectivity index (χ1) is 12.3. The van der Waals surface area contributed by atoms with E-state index in [1.165, 1.54) is 11.1 Å². The van der Waals surface area contributed by atoms with Crippen LogP contribution in [-0.4, -0.2) is 39.3 Å². The third-order valence-corrected chi connectivity index (χ3v) is 4.79. The van der Waals surface area contributed by atoms with E-state index < -0.39 is 0 Å². The number of piperazine rings is 1. The number of pyridine rings is 1. The van der Waals surface area contributed by atoms with E-state index >= 15 is 0 Å². The van der Waals surface area contributed by atoms with Crippen LogP contribution in [0.25, 0.3) is 5.69 Å². The third-order valence-electron chi connectivity index (χ3n) is 4.54. The average molecular weight is 354 g/mol. The molecule has 3 aromatic rings. The molecule has 1 unspecified atom stereocenters. The summed E-state index contributed by atoms with van der Waals surface area (Å²) in [4.78, 5) is 6.75. The molecule has 6 heteroatoms. The van der Waals surface area contributed by atoms with Crippen LogP contribution in [0, 0.1) is 0 Å². The van der Waals surface area contributed by atoms with E-state index in [0.29, 0.717) is 6.04 Å². The molecule has 1 N–H and O–H groups in total. The SMILES string of the molecule is Clc1ccc(-n2cc(CN3CCNCC3c3cccnc3)cn2)cc1. The Bertz CT molecular complexity index is 815. The van der Waals surface area contributed by atoms with Crippen LogP contribution in [0.1, 0.15) is 17.2 Å². The van der Waals surface area contributed by atoms with Gasteiger partial charge in [-0.05, 0) is 35.9 Å². The van der Waals surface area contributed by atoms with Gasteiger partial charge in [0.1, 0.15) is 0 Å². The first-order valence-electron chi connectivity index (χ1n) is 8.44. The first kappa shape index (κ1) is 16.3. The van der Waals surface area contributed by atoms with Gasteiger partial charge in [0.2, 0.25) is 0 Å². The Labute approximate surface area is 152 Å². The predicted octanol–water partition coefficient (Wildman–Crippen LogP) is 3.07. The molecule has 1 atom stereocenters. The Hall–Kier alpha value is -2.21. The van der Waals surface area contributed by atoms with Gasteiger partial charge >= 0.3 is 0 Å². The highest BCUT2D eigenvalue weighted by Crippen LogP contribution is 2.23. The van der Waals surface area contributed by atoms with Crippen LogP contribution in [0.4, 0.5) is 0 Å². The first-order valence-corrected chi connectivity index (χ1v) is 8.81. The normalized spacial score (nSPS) is 18.4. The topological polar surface area (TPSA) is 46.0 Å². The number of nitrogens with one attached hydrogen (secondary N) is 1. The molecule has 25 heavy (non-hydrogen) atoms. The van der Waals surface area contributed by atoms with Crippen molar-refractivity contribution in [2.45, 2.75) is 12.6 Å². The quantitative estimate of drug-likeness (QED) is 0.783. The lowest BCUT2D eigenvalue weighted by Gasteiger charge is -2.36. The standard InChI is InChI=1S/C19H20ClN5/c20-17-3-5-18(6-4-17)25-14-15(10-23-25)13-24-9-8-22-12-19(24)16-2-1-7-21-11-16/h1-7,10-11,14,19,22H,8-9,12-13H2. The molecule has 0 radical (unpaired) electrons. The molecule has 4 rings (SSSR count). The molecule has 1 fully saturated rings. The number of halogens is 1. The van der Waals surface area contributed by atoms with E-state index in [-0.39, 0.29) is 0 Å². The van der Waals surface area contributed by atoms with E-state index in [2.05, 4.69) is 32.6 Å². The minimum atomic E-state index is 0.335. The number of aromatic nitrogens is 3. The summed E-state index contributed by atoms with van der Waals surface area (Å²) in [5.41, 5.74) is 3.46. The summed E-state index contributed by atoms with van der Waals surface area (Å²) in [5.74, 6) is 0. The number of rotatable bonds is 4. The van der Waals surface area contributed by atoms with Crippen LogP contribution in [0.2, 0.25) is 5.02 Å². The highest BCUT2D eigenvalue weighted by molar-refractivity contribution is 6.30. The second kappa shape index (κ2) is 7.35. The zero-order valence-electron chi connectivity index (χ0n) is 13.8. The molecule has 3 heterocycles. The summed E-state index contributed by atoms with van der Waals surface area (Å²) >= 11 is 5.96. The van der Waals surface area contributed by atoms with Crippen molar-refractivity contribution in [2.24, 2.45) is 0 Å². The van der Waals surface area contributed by atoms with Crippen molar-refractivity contribution < 1.29 is 0 Å². The molecule has 1 aromatic carbocycles. The fourth-order valence-electron chi connectivity index (χ4n) is 3.25. The van der Waals surface area contributed by atoms with Crippen LogP contribution >= 0.6 is 11.6 Å². The van der Waals surface area contributed by atoms with E-state index in [1.807, 2.05) is 53.6 Å². The van der Waals surface area contributed by atoms with Gasteiger partial charge in [-0.2, -0.15) is 5.10 Å². The highest BCUT2D eigenvalue weighted by atomic mass is 35.5. The van der Waals surface area contributed by atoms with Crippen molar-refractivity contribution in [1.82, 2.24) is 25.0 Å². The molecule has 0 spiro atoms. The molecule has 0 aliphatic carbocycles. The largest absolute Gasteiger partial charge is 0.314 e. The molecule has 5 nitrogen and oxygen atoms in total. The van der Waals surface area contributed by atoms with Gasteiger partial charge in [-0.3, -0.25) is 9.88 Å². The van der Waals surface area contributed by atoms with Gasteiger partial charge in [-0.1, -0.05) is 17.7 Å². The number of nitrogens with zero attached hydrogens (tertiary/aromatic N) is 4. The Morgan fingerprint density at radius 3 is 2.84 bits per heavy atom. The van der Waals surface area contributed by atoms with E-state index in [4.69, 9.17) is 11.6 Å². The van der Waals surface area contributed by atoms with Crippen LogP contribution in [0.5, 0.6) is 0 Å². The second-order valence-corrected chi connectivity index (χ2v) is 6.68. The van der Waals surface area contributed by atoms with Gasteiger partial charge in [-0.15, -0.1) is 0 Å². The Morgan fingerprint density at radius 1 is 1.16 bits per heavy atom. The predicted molar refractivity (Wildman–Crippen MR) is 98.8 cm³/mol. The molecule has 0 bridgehead atoms. The zero-order valence-corrected chi connectivity index (χ0v) is 14.6. The summed E-state index contributed by atoms with van der Waals surface area (Å²) in [6, 6.07) is 12.2. The summed E-state index contributed by atoms with van der Waals surface area (Å²) in [5, 5.41) is 8.71. The number of hydrogen-bond donors (Lipinski definition) is 1. The molecule has 1 aliphatic heterocycles. The molecular weight excluding hydrogens is 334 g/mol. The summed E-state index contributed by atoms with van der Waals surface area (Å²) in [6.07, 6.45) is 7.81. The summed E-state index contributed by atoms with van der Waals surface area (Å²) < 4.78 is 1.90. The van der Waals surface area contributed by atoms with Crippen molar-refractivity contribution in [2.75, 3.05) is 19.6 Å². The minimum absolute atomic E-state index is 0.335. The zero-order chi connectivity index (χ0) is 17.1.